The van der Waals surface area contributed by atoms with Crippen LogP contribution in [0.1, 0.15) is 35.2 Å². The molecule has 0 bridgehead atoms. The van der Waals surface area contributed by atoms with Gasteiger partial charge in [-0.1, -0.05) is 6.07 Å². The van der Waals surface area contributed by atoms with Crippen molar-refractivity contribution in [2.75, 3.05) is 0 Å². The zero-order valence-electron chi connectivity index (χ0n) is 13.2. The van der Waals surface area contributed by atoms with E-state index in [-0.39, 0.29) is 0 Å². The van der Waals surface area contributed by atoms with Crippen molar-refractivity contribution in [1.82, 2.24) is 15.1 Å². The number of aryl methyl sites for hydroxylation is 4. The van der Waals surface area contributed by atoms with E-state index in [0.29, 0.717) is 6.04 Å². The molecule has 1 fully saturated rings. The average molecular weight is 285 g/mol. The summed E-state index contributed by atoms with van der Waals surface area (Å²) < 4.78 is 7.97. The van der Waals surface area contributed by atoms with Crippen molar-refractivity contribution < 1.29 is 4.74 Å². The molecule has 1 saturated carbocycles. The lowest BCUT2D eigenvalue weighted by Gasteiger charge is -2.11. The lowest BCUT2D eigenvalue weighted by molar-refractivity contribution is 0.423. The van der Waals surface area contributed by atoms with E-state index >= 15 is 0 Å². The van der Waals surface area contributed by atoms with Gasteiger partial charge in [-0.05, 0) is 56.9 Å². The highest BCUT2D eigenvalue weighted by molar-refractivity contribution is 5.39. The minimum absolute atomic E-state index is 0.679. The number of hydrogen-bond donors (Lipinski definition) is 1. The molecule has 1 aliphatic carbocycles. The molecule has 1 aliphatic rings. The lowest BCUT2D eigenvalue weighted by atomic mass is 10.1. The molecule has 21 heavy (non-hydrogen) atoms. The molecule has 1 aromatic heterocycles. The molecule has 0 spiro atoms. The van der Waals surface area contributed by atoms with Gasteiger partial charge in [0.15, 0.2) is 0 Å². The molecule has 0 amide bonds. The summed E-state index contributed by atoms with van der Waals surface area (Å²) in [5.41, 5.74) is 4.61. The maximum atomic E-state index is 6.14. The van der Waals surface area contributed by atoms with Gasteiger partial charge in [0, 0.05) is 19.6 Å². The number of nitrogens with one attached hydrogen (secondary N) is 1. The highest BCUT2D eigenvalue weighted by Gasteiger charge is 2.23. The predicted octanol–water partition coefficient (Wildman–Crippen LogP) is 3.39. The highest BCUT2D eigenvalue weighted by atomic mass is 16.5. The van der Waals surface area contributed by atoms with Crippen LogP contribution >= 0.6 is 0 Å². The Kier molecular flexibility index (Phi) is 3.72. The summed E-state index contributed by atoms with van der Waals surface area (Å²) in [6, 6.07) is 6.95. The Morgan fingerprint density at radius 3 is 2.48 bits per heavy atom. The Morgan fingerprint density at radius 2 is 1.86 bits per heavy atom. The van der Waals surface area contributed by atoms with Crippen molar-refractivity contribution in [3.8, 4) is 11.6 Å². The van der Waals surface area contributed by atoms with Gasteiger partial charge >= 0.3 is 0 Å². The summed E-state index contributed by atoms with van der Waals surface area (Å²) in [5, 5.41) is 8.04. The molecule has 4 heteroatoms. The SMILES string of the molecule is Cc1cc(C)cc(Oc2c(CNC3CC3)c(C)nn2C)c1. The minimum atomic E-state index is 0.679. The lowest BCUT2D eigenvalue weighted by Crippen LogP contribution is -2.16. The van der Waals surface area contributed by atoms with Crippen molar-refractivity contribution in [3.63, 3.8) is 0 Å². The first-order valence-corrected chi connectivity index (χ1v) is 7.55. The number of aromatic nitrogens is 2. The summed E-state index contributed by atoms with van der Waals surface area (Å²) in [4.78, 5) is 0. The van der Waals surface area contributed by atoms with E-state index in [4.69, 9.17) is 4.74 Å². The van der Waals surface area contributed by atoms with Crippen molar-refractivity contribution in [1.29, 1.82) is 0 Å². The molecule has 4 nitrogen and oxygen atoms in total. The first-order chi connectivity index (χ1) is 10.0. The topological polar surface area (TPSA) is 39.1 Å². The molecule has 1 aromatic carbocycles. The largest absolute Gasteiger partial charge is 0.439 e. The fourth-order valence-electron chi connectivity index (χ4n) is 2.65. The highest BCUT2D eigenvalue weighted by Crippen LogP contribution is 2.29. The summed E-state index contributed by atoms with van der Waals surface area (Å²) in [6.07, 6.45) is 2.57. The third-order valence-electron chi connectivity index (χ3n) is 3.84. The molecule has 0 aliphatic heterocycles. The van der Waals surface area contributed by atoms with Crippen LogP contribution in [0.5, 0.6) is 11.6 Å². The smallest absolute Gasteiger partial charge is 0.222 e. The van der Waals surface area contributed by atoms with Crippen LogP contribution in [-0.4, -0.2) is 15.8 Å². The molecular formula is C17H23N3O. The first kappa shape index (κ1) is 14.1. The van der Waals surface area contributed by atoms with Crippen LogP contribution in [0.3, 0.4) is 0 Å². The van der Waals surface area contributed by atoms with E-state index in [1.165, 1.54) is 24.0 Å². The fraction of sp³-hybridized carbons (Fsp3) is 0.471. The maximum Gasteiger partial charge on any atom is 0.222 e. The molecule has 0 radical (unpaired) electrons. The van der Waals surface area contributed by atoms with Crippen LogP contribution in [-0.2, 0) is 13.6 Å². The van der Waals surface area contributed by atoms with Crippen molar-refractivity contribution in [3.05, 3.63) is 40.6 Å². The van der Waals surface area contributed by atoms with E-state index in [0.717, 1.165) is 29.4 Å². The van der Waals surface area contributed by atoms with E-state index in [1.807, 2.05) is 18.7 Å². The Labute approximate surface area is 126 Å². The summed E-state index contributed by atoms with van der Waals surface area (Å²) >= 11 is 0. The third-order valence-corrected chi connectivity index (χ3v) is 3.84. The van der Waals surface area contributed by atoms with Gasteiger partial charge in [-0.3, -0.25) is 0 Å². The number of ether oxygens (including phenoxy) is 1. The van der Waals surface area contributed by atoms with Gasteiger partial charge in [-0.15, -0.1) is 0 Å². The normalized spacial score (nSPS) is 14.5. The molecular weight excluding hydrogens is 262 g/mol. The molecule has 112 valence electrons. The van der Waals surface area contributed by atoms with Gasteiger partial charge < -0.3 is 10.1 Å². The second-order valence-electron chi connectivity index (χ2n) is 6.07. The van der Waals surface area contributed by atoms with E-state index in [9.17, 15) is 0 Å². The monoisotopic (exact) mass is 285 g/mol. The Morgan fingerprint density at radius 1 is 1.19 bits per heavy atom. The predicted molar refractivity (Wildman–Crippen MR) is 83.8 cm³/mol. The molecule has 3 rings (SSSR count). The van der Waals surface area contributed by atoms with Gasteiger partial charge in [0.1, 0.15) is 5.75 Å². The second kappa shape index (κ2) is 5.53. The maximum absolute atomic E-state index is 6.14. The van der Waals surface area contributed by atoms with Crippen LogP contribution in [0.25, 0.3) is 0 Å². The number of benzene rings is 1. The summed E-state index contributed by atoms with van der Waals surface area (Å²) in [6.45, 7) is 7.04. The van der Waals surface area contributed by atoms with Gasteiger partial charge in [0.25, 0.3) is 0 Å². The molecule has 0 unspecified atom stereocenters. The number of hydrogen-bond acceptors (Lipinski definition) is 3. The van der Waals surface area contributed by atoms with Crippen LogP contribution < -0.4 is 10.1 Å². The second-order valence-corrected chi connectivity index (χ2v) is 6.07. The quantitative estimate of drug-likeness (QED) is 0.915. The standard InChI is InChI=1S/C17H23N3O/c1-11-7-12(2)9-15(8-11)21-17-16(10-18-14-5-6-14)13(3)19-20(17)4/h7-9,14,18H,5-6,10H2,1-4H3. The third kappa shape index (κ3) is 3.27. The van der Waals surface area contributed by atoms with Crippen LogP contribution in [0.2, 0.25) is 0 Å². The first-order valence-electron chi connectivity index (χ1n) is 7.55. The van der Waals surface area contributed by atoms with Gasteiger partial charge in [-0.25, -0.2) is 4.68 Å². The summed E-state index contributed by atoms with van der Waals surface area (Å²) in [7, 11) is 1.94. The van der Waals surface area contributed by atoms with E-state index < -0.39 is 0 Å². The van der Waals surface area contributed by atoms with Gasteiger partial charge in [0.2, 0.25) is 5.88 Å². The molecule has 0 saturated heterocycles. The van der Waals surface area contributed by atoms with Crippen molar-refractivity contribution >= 4 is 0 Å². The molecule has 0 atom stereocenters. The number of nitrogens with zero attached hydrogens (tertiary/aromatic N) is 2. The zero-order valence-corrected chi connectivity index (χ0v) is 13.2. The molecule has 1 N–H and O–H groups in total. The fourth-order valence-corrected chi connectivity index (χ4v) is 2.65. The van der Waals surface area contributed by atoms with Crippen LogP contribution in [0.15, 0.2) is 18.2 Å². The number of rotatable bonds is 5. The van der Waals surface area contributed by atoms with Crippen molar-refractivity contribution in [2.45, 2.75) is 46.2 Å². The summed E-state index contributed by atoms with van der Waals surface area (Å²) in [5.74, 6) is 1.72. The zero-order chi connectivity index (χ0) is 15.0. The molecule has 2 aromatic rings. The van der Waals surface area contributed by atoms with E-state index in [2.05, 4.69) is 42.5 Å². The minimum Gasteiger partial charge on any atom is -0.439 e. The van der Waals surface area contributed by atoms with E-state index in [1.54, 1.807) is 0 Å². The molecule has 1 heterocycles. The Balaban J connectivity index is 1.85. The van der Waals surface area contributed by atoms with Crippen LogP contribution in [0.4, 0.5) is 0 Å². The van der Waals surface area contributed by atoms with Gasteiger partial charge in [-0.2, -0.15) is 5.10 Å². The van der Waals surface area contributed by atoms with Gasteiger partial charge in [0.05, 0.1) is 11.3 Å². The van der Waals surface area contributed by atoms with Crippen LogP contribution in [0, 0.1) is 20.8 Å². The average Bonchev–Trinajstić information content (AvgIpc) is 3.16. The van der Waals surface area contributed by atoms with Crippen molar-refractivity contribution in [2.24, 2.45) is 7.05 Å². The Bertz CT molecular complexity index is 636. The Hall–Kier alpha value is -1.81.